The fourth-order valence-corrected chi connectivity index (χ4v) is 4.38. The summed E-state index contributed by atoms with van der Waals surface area (Å²) >= 11 is 0. The molecule has 10 heteroatoms. The maximum Gasteiger partial charge on any atom is 0.321 e. The molecule has 2 saturated heterocycles. The minimum absolute atomic E-state index is 0.0904. The van der Waals surface area contributed by atoms with Crippen LogP contribution in [-0.2, 0) is 4.79 Å². The zero-order valence-corrected chi connectivity index (χ0v) is 20.2. The van der Waals surface area contributed by atoms with E-state index in [2.05, 4.69) is 11.9 Å². The second kappa shape index (κ2) is 10.8. The monoisotopic (exact) mass is 497 g/mol. The number of hydrogen-bond donors (Lipinski definition) is 1. The molecule has 0 aromatic heterocycles. The van der Waals surface area contributed by atoms with E-state index in [1.165, 1.54) is 24.3 Å². The summed E-state index contributed by atoms with van der Waals surface area (Å²) in [6.07, 6.45) is 0. The number of hydrogen-bond acceptors (Lipinski definition) is 4. The molecule has 2 aliphatic heterocycles. The van der Waals surface area contributed by atoms with Crippen molar-refractivity contribution < 1.29 is 23.2 Å². The zero-order valence-electron chi connectivity index (χ0n) is 20.2. The molecule has 2 aromatic carbocycles. The van der Waals surface area contributed by atoms with Crippen LogP contribution >= 0.6 is 0 Å². The van der Waals surface area contributed by atoms with Crippen molar-refractivity contribution in [3.63, 3.8) is 0 Å². The molecule has 2 aliphatic rings. The molecule has 4 amide bonds. The molecule has 0 saturated carbocycles. The van der Waals surface area contributed by atoms with Crippen molar-refractivity contribution in [1.29, 1.82) is 0 Å². The van der Waals surface area contributed by atoms with Gasteiger partial charge in [-0.05, 0) is 43.3 Å². The summed E-state index contributed by atoms with van der Waals surface area (Å²) in [5, 5.41) is 2.71. The van der Waals surface area contributed by atoms with Gasteiger partial charge in [-0.3, -0.25) is 9.59 Å². The van der Waals surface area contributed by atoms with E-state index in [0.29, 0.717) is 69.3 Å². The molecule has 0 spiro atoms. The van der Waals surface area contributed by atoms with E-state index in [9.17, 15) is 23.2 Å². The molecule has 0 unspecified atom stereocenters. The van der Waals surface area contributed by atoms with Crippen molar-refractivity contribution in [3.05, 3.63) is 71.8 Å². The maximum atomic E-state index is 14.9. The Bertz CT molecular complexity index is 1170. The van der Waals surface area contributed by atoms with Gasteiger partial charge in [-0.1, -0.05) is 12.6 Å². The smallest absolute Gasteiger partial charge is 0.321 e. The van der Waals surface area contributed by atoms with Crippen LogP contribution < -0.4 is 10.2 Å². The van der Waals surface area contributed by atoms with Crippen LogP contribution in [0.3, 0.4) is 0 Å². The number of nitrogens with one attached hydrogen (secondary N) is 1. The van der Waals surface area contributed by atoms with E-state index in [4.69, 9.17) is 0 Å². The first-order valence-corrected chi connectivity index (χ1v) is 11.8. The van der Waals surface area contributed by atoms with Crippen LogP contribution in [0.4, 0.5) is 25.0 Å². The predicted octanol–water partition coefficient (Wildman–Crippen LogP) is 3.18. The first kappa shape index (κ1) is 25.2. The summed E-state index contributed by atoms with van der Waals surface area (Å²) < 4.78 is 28.3. The number of halogens is 2. The van der Waals surface area contributed by atoms with E-state index >= 15 is 0 Å². The van der Waals surface area contributed by atoms with Gasteiger partial charge >= 0.3 is 6.03 Å². The fraction of sp³-hybridized carbons (Fsp3) is 0.346. The van der Waals surface area contributed by atoms with Gasteiger partial charge in [0.15, 0.2) is 0 Å². The molecule has 2 fully saturated rings. The van der Waals surface area contributed by atoms with Crippen molar-refractivity contribution in [2.45, 2.75) is 6.92 Å². The number of carbonyl (C=O) groups is 3. The lowest BCUT2D eigenvalue weighted by Gasteiger charge is -2.36. The third-order valence-corrected chi connectivity index (χ3v) is 6.40. The highest BCUT2D eigenvalue weighted by molar-refractivity contribution is 5.95. The van der Waals surface area contributed by atoms with Gasteiger partial charge < -0.3 is 24.9 Å². The molecule has 2 aromatic rings. The molecular formula is C26H29F2N5O3. The topological polar surface area (TPSA) is 76.2 Å². The van der Waals surface area contributed by atoms with Crippen molar-refractivity contribution in [2.24, 2.45) is 0 Å². The first-order chi connectivity index (χ1) is 17.2. The number of piperazine rings is 2. The van der Waals surface area contributed by atoms with Gasteiger partial charge in [-0.25, -0.2) is 13.6 Å². The number of nitrogens with zero attached hydrogens (tertiary/aromatic N) is 4. The minimum Gasteiger partial charge on any atom is -0.366 e. The van der Waals surface area contributed by atoms with Gasteiger partial charge in [0.1, 0.15) is 11.6 Å². The van der Waals surface area contributed by atoms with Gasteiger partial charge in [0.2, 0.25) is 5.91 Å². The van der Waals surface area contributed by atoms with Gasteiger partial charge in [0.25, 0.3) is 5.91 Å². The molecule has 2 heterocycles. The number of rotatable bonds is 4. The van der Waals surface area contributed by atoms with Crippen molar-refractivity contribution in [1.82, 2.24) is 14.7 Å². The lowest BCUT2D eigenvalue weighted by atomic mass is 10.2. The molecule has 4 rings (SSSR count). The van der Waals surface area contributed by atoms with Gasteiger partial charge in [0.05, 0.1) is 5.69 Å². The van der Waals surface area contributed by atoms with Crippen molar-refractivity contribution in [3.8, 4) is 0 Å². The number of carbonyl (C=O) groups excluding carboxylic acids is 3. The van der Waals surface area contributed by atoms with E-state index in [1.807, 2.05) is 4.90 Å². The molecule has 0 radical (unpaired) electrons. The Morgan fingerprint density at radius 3 is 2.08 bits per heavy atom. The molecule has 8 nitrogen and oxygen atoms in total. The third kappa shape index (κ3) is 5.64. The highest BCUT2D eigenvalue weighted by atomic mass is 19.1. The Morgan fingerprint density at radius 2 is 1.47 bits per heavy atom. The Labute approximate surface area is 208 Å². The summed E-state index contributed by atoms with van der Waals surface area (Å²) in [7, 11) is 0. The average Bonchev–Trinajstić information content (AvgIpc) is 2.88. The lowest BCUT2D eigenvalue weighted by Crippen LogP contribution is -2.51. The summed E-state index contributed by atoms with van der Waals surface area (Å²) in [5.41, 5.74) is 1.50. The molecule has 0 atom stereocenters. The molecule has 1 N–H and O–H groups in total. The third-order valence-electron chi connectivity index (χ3n) is 6.40. The Hall–Kier alpha value is -3.95. The van der Waals surface area contributed by atoms with Crippen LogP contribution in [0.5, 0.6) is 0 Å². The number of urea groups is 1. The Morgan fingerprint density at radius 1 is 0.833 bits per heavy atom. The molecule has 36 heavy (non-hydrogen) atoms. The fourth-order valence-electron chi connectivity index (χ4n) is 4.38. The SMILES string of the molecule is C=C(C)C(=O)N1CCN(c2ccc(NC(=O)N3CCN(C(=O)c4cccc(F)c4)CC3)cc2F)CC1. The summed E-state index contributed by atoms with van der Waals surface area (Å²) in [6, 6.07) is 9.69. The van der Waals surface area contributed by atoms with Crippen molar-refractivity contribution >= 4 is 29.2 Å². The Kier molecular flexibility index (Phi) is 7.52. The first-order valence-electron chi connectivity index (χ1n) is 11.8. The van der Waals surface area contributed by atoms with Crippen molar-refractivity contribution in [2.75, 3.05) is 62.6 Å². The molecular weight excluding hydrogens is 468 g/mol. The quantitative estimate of drug-likeness (QED) is 0.659. The number of amides is 4. The zero-order chi connectivity index (χ0) is 25.8. The summed E-state index contributed by atoms with van der Waals surface area (Å²) in [4.78, 5) is 44.1. The molecule has 0 bridgehead atoms. The van der Waals surface area contributed by atoms with E-state index < -0.39 is 11.6 Å². The highest BCUT2D eigenvalue weighted by Crippen LogP contribution is 2.25. The van der Waals surface area contributed by atoms with Crippen LogP contribution in [0.15, 0.2) is 54.6 Å². The largest absolute Gasteiger partial charge is 0.366 e. The van der Waals surface area contributed by atoms with E-state index in [0.717, 1.165) is 0 Å². The van der Waals surface area contributed by atoms with E-state index in [-0.39, 0.29) is 23.4 Å². The molecule has 190 valence electrons. The van der Waals surface area contributed by atoms with Gasteiger partial charge in [0, 0.05) is 69.2 Å². The van der Waals surface area contributed by atoms with Crippen LogP contribution in [-0.4, -0.2) is 84.9 Å². The van der Waals surface area contributed by atoms with Gasteiger partial charge in [-0.15, -0.1) is 0 Å². The summed E-state index contributed by atoms with van der Waals surface area (Å²) in [5.74, 6) is -1.31. The van der Waals surface area contributed by atoms with Gasteiger partial charge in [-0.2, -0.15) is 0 Å². The van der Waals surface area contributed by atoms with Crippen LogP contribution in [0.1, 0.15) is 17.3 Å². The molecule has 0 aliphatic carbocycles. The second-order valence-corrected chi connectivity index (χ2v) is 8.95. The normalized spacial score (nSPS) is 16.1. The lowest BCUT2D eigenvalue weighted by molar-refractivity contribution is -0.127. The Balaban J connectivity index is 1.29. The van der Waals surface area contributed by atoms with Crippen LogP contribution in [0.25, 0.3) is 0 Å². The van der Waals surface area contributed by atoms with E-state index in [1.54, 1.807) is 39.8 Å². The maximum absolute atomic E-state index is 14.9. The second-order valence-electron chi connectivity index (χ2n) is 8.95. The standard InChI is InChI=1S/C26H29F2N5O3/c1-18(2)24(34)31-10-8-30(9-11-31)23-7-6-21(17-22(23)28)29-26(36)33-14-12-32(13-15-33)25(35)19-4-3-5-20(27)16-19/h3-7,16-17H,1,8-15H2,2H3,(H,29,36). The number of benzene rings is 2. The average molecular weight is 498 g/mol. The highest BCUT2D eigenvalue weighted by Gasteiger charge is 2.26. The summed E-state index contributed by atoms with van der Waals surface area (Å²) in [6.45, 7) is 8.57. The minimum atomic E-state index is -0.475. The van der Waals surface area contributed by atoms with Crippen LogP contribution in [0.2, 0.25) is 0 Å². The van der Waals surface area contributed by atoms with Crippen LogP contribution in [0, 0.1) is 11.6 Å². The predicted molar refractivity (Wildman–Crippen MR) is 133 cm³/mol. The number of anilines is 2.